The van der Waals surface area contributed by atoms with Crippen LogP contribution in [0, 0.1) is 0 Å². The maximum atomic E-state index is 12.5. The third kappa shape index (κ3) is 3.90. The average molecular weight is 413 g/mol. The smallest absolute Gasteiger partial charge is 0.226 e. The van der Waals surface area contributed by atoms with Crippen LogP contribution in [0.5, 0.6) is 0 Å². The Hall–Kier alpha value is -2.34. The molecule has 0 unspecified atom stereocenters. The third-order valence-electron chi connectivity index (χ3n) is 4.93. The fourth-order valence-corrected chi connectivity index (χ4v) is 3.69. The number of aromatic amines is 1. The fraction of sp³-hybridized carbons (Fsp3) is 0.300. The number of nitrogens with zero attached hydrogens (tertiary/aromatic N) is 2. The Balaban J connectivity index is 1.30. The van der Waals surface area contributed by atoms with E-state index in [9.17, 15) is 4.79 Å². The molecule has 2 aromatic carbocycles. The minimum absolute atomic E-state index is 0.214. The lowest BCUT2D eigenvalue weighted by Crippen LogP contribution is -2.43. The first-order valence-electron chi connectivity index (χ1n) is 8.89. The number of hydrogen-bond donors (Lipinski definition) is 2. The summed E-state index contributed by atoms with van der Waals surface area (Å²) in [5.41, 5.74) is 3.22. The van der Waals surface area contributed by atoms with E-state index in [1.165, 1.54) is 0 Å². The lowest BCUT2D eigenvalue weighted by Gasteiger charge is -2.33. The van der Waals surface area contributed by atoms with Gasteiger partial charge in [-0.1, -0.05) is 28.1 Å². The van der Waals surface area contributed by atoms with Gasteiger partial charge in [0.1, 0.15) is 0 Å². The number of carbonyl (C=O) groups is 1. The van der Waals surface area contributed by atoms with E-state index in [2.05, 4.69) is 43.6 Å². The summed E-state index contributed by atoms with van der Waals surface area (Å²) in [4.78, 5) is 14.5. The van der Waals surface area contributed by atoms with Gasteiger partial charge in [-0.05, 0) is 48.7 Å². The van der Waals surface area contributed by atoms with Crippen LogP contribution >= 0.6 is 15.9 Å². The lowest BCUT2D eigenvalue weighted by molar-refractivity contribution is -0.131. The molecule has 2 heterocycles. The molecule has 3 aromatic rings. The second kappa shape index (κ2) is 7.50. The van der Waals surface area contributed by atoms with Crippen LogP contribution in [0.25, 0.3) is 10.9 Å². The van der Waals surface area contributed by atoms with Gasteiger partial charge in [0.25, 0.3) is 0 Å². The quantitative estimate of drug-likeness (QED) is 0.681. The van der Waals surface area contributed by atoms with Crippen molar-refractivity contribution in [2.24, 2.45) is 0 Å². The van der Waals surface area contributed by atoms with E-state index < -0.39 is 0 Å². The number of fused-ring (bicyclic) bond motifs is 1. The molecule has 1 amide bonds. The summed E-state index contributed by atoms with van der Waals surface area (Å²) >= 11 is 3.43. The van der Waals surface area contributed by atoms with Crippen LogP contribution in [0.3, 0.4) is 0 Å². The van der Waals surface area contributed by atoms with Gasteiger partial charge in [0, 0.05) is 34.7 Å². The second-order valence-electron chi connectivity index (χ2n) is 6.77. The van der Waals surface area contributed by atoms with Gasteiger partial charge in [0.05, 0.1) is 18.1 Å². The number of hydrogen-bond acceptors (Lipinski definition) is 3. The van der Waals surface area contributed by atoms with Crippen LogP contribution in [-0.2, 0) is 11.2 Å². The molecular formula is C20H21BrN4O. The highest BCUT2D eigenvalue weighted by Gasteiger charge is 2.22. The number of amides is 1. The highest BCUT2D eigenvalue weighted by atomic mass is 79.9. The Labute approximate surface area is 160 Å². The van der Waals surface area contributed by atoms with Gasteiger partial charge in [0.2, 0.25) is 5.91 Å². The predicted molar refractivity (Wildman–Crippen MR) is 107 cm³/mol. The maximum absolute atomic E-state index is 12.5. The SMILES string of the molecule is O=C(Cc1ccc(Br)cc1)N1CCC(Nc2ccc3[nH]ncc3c2)CC1. The Kier molecular flexibility index (Phi) is 4.93. The van der Waals surface area contributed by atoms with Gasteiger partial charge >= 0.3 is 0 Å². The Morgan fingerprint density at radius 2 is 1.96 bits per heavy atom. The number of H-pyrrole nitrogens is 1. The molecule has 0 saturated carbocycles. The number of rotatable bonds is 4. The molecule has 134 valence electrons. The fourth-order valence-electron chi connectivity index (χ4n) is 3.43. The summed E-state index contributed by atoms with van der Waals surface area (Å²) < 4.78 is 1.04. The topological polar surface area (TPSA) is 61.0 Å². The van der Waals surface area contributed by atoms with E-state index in [0.29, 0.717) is 12.5 Å². The lowest BCUT2D eigenvalue weighted by atomic mass is 10.0. The minimum Gasteiger partial charge on any atom is -0.382 e. The Bertz CT molecular complexity index is 898. The van der Waals surface area contributed by atoms with E-state index >= 15 is 0 Å². The second-order valence-corrected chi connectivity index (χ2v) is 7.69. The molecule has 1 saturated heterocycles. The molecule has 0 atom stereocenters. The first kappa shape index (κ1) is 17.1. The summed E-state index contributed by atoms with van der Waals surface area (Å²) in [6, 6.07) is 14.6. The number of likely N-dealkylation sites (tertiary alicyclic amines) is 1. The third-order valence-corrected chi connectivity index (χ3v) is 5.46. The molecule has 6 heteroatoms. The molecule has 0 spiro atoms. The standard InChI is InChI=1S/C20H21BrN4O/c21-16-3-1-14(2-4-16)11-20(26)25-9-7-17(8-10-25)23-18-5-6-19-15(12-18)13-22-24-19/h1-6,12-13,17,23H,7-11H2,(H,22,24). The van der Waals surface area contributed by atoms with Crippen LogP contribution < -0.4 is 5.32 Å². The first-order chi connectivity index (χ1) is 12.7. The largest absolute Gasteiger partial charge is 0.382 e. The molecular weight excluding hydrogens is 392 g/mol. The zero-order valence-corrected chi connectivity index (χ0v) is 16.0. The van der Waals surface area contributed by atoms with Crippen LogP contribution in [0.2, 0.25) is 0 Å². The van der Waals surface area contributed by atoms with E-state index in [-0.39, 0.29) is 5.91 Å². The van der Waals surface area contributed by atoms with E-state index in [1.807, 2.05) is 41.4 Å². The number of aromatic nitrogens is 2. The zero-order chi connectivity index (χ0) is 17.9. The number of anilines is 1. The van der Waals surface area contributed by atoms with Crippen molar-refractivity contribution in [2.45, 2.75) is 25.3 Å². The van der Waals surface area contributed by atoms with Gasteiger partial charge < -0.3 is 10.2 Å². The molecule has 4 rings (SSSR count). The van der Waals surface area contributed by atoms with Crippen molar-refractivity contribution >= 4 is 38.4 Å². The Morgan fingerprint density at radius 3 is 2.73 bits per heavy atom. The van der Waals surface area contributed by atoms with Gasteiger partial charge in [0.15, 0.2) is 0 Å². The minimum atomic E-state index is 0.214. The van der Waals surface area contributed by atoms with Gasteiger partial charge in [-0.2, -0.15) is 5.10 Å². The normalized spacial score (nSPS) is 15.3. The molecule has 1 aliphatic heterocycles. The van der Waals surface area contributed by atoms with Gasteiger partial charge in [-0.3, -0.25) is 9.89 Å². The van der Waals surface area contributed by atoms with Crippen molar-refractivity contribution in [1.82, 2.24) is 15.1 Å². The van der Waals surface area contributed by atoms with Crippen LogP contribution in [-0.4, -0.2) is 40.1 Å². The van der Waals surface area contributed by atoms with Crippen molar-refractivity contribution < 1.29 is 4.79 Å². The van der Waals surface area contributed by atoms with E-state index in [4.69, 9.17) is 0 Å². The van der Waals surface area contributed by atoms with Crippen LogP contribution in [0.1, 0.15) is 18.4 Å². The Morgan fingerprint density at radius 1 is 1.19 bits per heavy atom. The molecule has 1 aliphatic rings. The summed E-state index contributed by atoms with van der Waals surface area (Å²) in [5, 5.41) is 11.7. The van der Waals surface area contributed by atoms with Crippen molar-refractivity contribution in [3.05, 3.63) is 58.7 Å². The summed E-state index contributed by atoms with van der Waals surface area (Å²) in [6.45, 7) is 1.61. The van der Waals surface area contributed by atoms with Crippen molar-refractivity contribution in [3.63, 3.8) is 0 Å². The number of benzene rings is 2. The number of piperidine rings is 1. The number of halogens is 1. The molecule has 0 bridgehead atoms. The van der Waals surface area contributed by atoms with Crippen molar-refractivity contribution in [1.29, 1.82) is 0 Å². The monoisotopic (exact) mass is 412 g/mol. The molecule has 1 fully saturated rings. The maximum Gasteiger partial charge on any atom is 0.226 e. The molecule has 0 aliphatic carbocycles. The summed E-state index contributed by atoms with van der Waals surface area (Å²) in [5.74, 6) is 0.214. The van der Waals surface area contributed by atoms with Gasteiger partial charge in [-0.15, -0.1) is 0 Å². The molecule has 2 N–H and O–H groups in total. The summed E-state index contributed by atoms with van der Waals surface area (Å²) in [7, 11) is 0. The van der Waals surface area contributed by atoms with Gasteiger partial charge in [-0.25, -0.2) is 0 Å². The highest BCUT2D eigenvalue weighted by molar-refractivity contribution is 9.10. The van der Waals surface area contributed by atoms with Crippen LogP contribution in [0.4, 0.5) is 5.69 Å². The highest BCUT2D eigenvalue weighted by Crippen LogP contribution is 2.21. The number of carbonyl (C=O) groups excluding carboxylic acids is 1. The van der Waals surface area contributed by atoms with Crippen molar-refractivity contribution in [2.75, 3.05) is 18.4 Å². The van der Waals surface area contributed by atoms with E-state index in [1.54, 1.807) is 0 Å². The summed E-state index contributed by atoms with van der Waals surface area (Å²) in [6.07, 6.45) is 4.25. The average Bonchev–Trinajstić information content (AvgIpc) is 3.12. The molecule has 26 heavy (non-hydrogen) atoms. The van der Waals surface area contributed by atoms with E-state index in [0.717, 1.165) is 52.6 Å². The molecule has 5 nitrogen and oxygen atoms in total. The predicted octanol–water partition coefficient (Wildman–Crippen LogP) is 3.97. The molecule has 1 aromatic heterocycles. The zero-order valence-electron chi connectivity index (χ0n) is 14.4. The first-order valence-corrected chi connectivity index (χ1v) is 9.68. The van der Waals surface area contributed by atoms with Crippen molar-refractivity contribution in [3.8, 4) is 0 Å². The number of nitrogens with one attached hydrogen (secondary N) is 2. The van der Waals surface area contributed by atoms with Crippen LogP contribution in [0.15, 0.2) is 53.1 Å². The molecule has 0 radical (unpaired) electrons.